The summed E-state index contributed by atoms with van der Waals surface area (Å²) in [6.45, 7) is 6.77. The molecule has 26 heavy (non-hydrogen) atoms. The molecule has 1 saturated heterocycles. The highest BCUT2D eigenvalue weighted by Crippen LogP contribution is 2.51. The van der Waals surface area contributed by atoms with Crippen molar-refractivity contribution < 1.29 is 8.42 Å². The lowest BCUT2D eigenvalue weighted by Gasteiger charge is -2.31. The number of sulfonamides is 1. The Labute approximate surface area is 160 Å². The third kappa shape index (κ3) is 3.22. The molecule has 0 unspecified atom stereocenters. The quantitative estimate of drug-likeness (QED) is 0.697. The predicted octanol–water partition coefficient (Wildman–Crippen LogP) is 4.98. The Hall–Kier alpha value is -1.62. The van der Waals surface area contributed by atoms with E-state index in [1.54, 1.807) is 16.4 Å². The molecule has 2 fully saturated rings. The van der Waals surface area contributed by atoms with Crippen molar-refractivity contribution in [2.24, 2.45) is 11.8 Å². The lowest BCUT2D eigenvalue weighted by Crippen LogP contribution is -2.36. The molecule has 0 spiro atoms. The molecule has 0 radical (unpaired) electrons. The largest absolute Gasteiger partial charge is 0.243 e. The third-order valence-electron chi connectivity index (χ3n) is 5.50. The van der Waals surface area contributed by atoms with E-state index in [0.29, 0.717) is 28.3 Å². The fourth-order valence-corrected chi connectivity index (χ4v) is 5.71. The summed E-state index contributed by atoms with van der Waals surface area (Å²) in [5.41, 5.74) is 2.94. The van der Waals surface area contributed by atoms with Crippen molar-refractivity contribution >= 4 is 21.6 Å². The SMILES string of the molecule is C=C1C[C@@H]2C[C@@H]2CN(S(=O)(=O)c2ccc(C)cc2)[C@@H]1c1ccc(Cl)cc1. The van der Waals surface area contributed by atoms with E-state index in [0.717, 1.165) is 29.5 Å². The van der Waals surface area contributed by atoms with Crippen molar-refractivity contribution in [1.29, 1.82) is 0 Å². The lowest BCUT2D eigenvalue weighted by molar-refractivity contribution is 0.351. The van der Waals surface area contributed by atoms with Crippen molar-refractivity contribution in [3.8, 4) is 0 Å². The van der Waals surface area contributed by atoms with Crippen LogP contribution in [0.25, 0.3) is 0 Å². The maximum absolute atomic E-state index is 13.5. The zero-order valence-corrected chi connectivity index (χ0v) is 16.3. The molecule has 3 atom stereocenters. The molecule has 3 nitrogen and oxygen atoms in total. The van der Waals surface area contributed by atoms with Gasteiger partial charge in [0.2, 0.25) is 10.0 Å². The minimum atomic E-state index is -3.61. The van der Waals surface area contributed by atoms with Gasteiger partial charge in [-0.2, -0.15) is 4.31 Å². The van der Waals surface area contributed by atoms with Crippen LogP contribution in [0.5, 0.6) is 0 Å². The molecule has 5 heteroatoms. The summed E-state index contributed by atoms with van der Waals surface area (Å²) in [6.07, 6.45) is 1.98. The molecule has 0 N–H and O–H groups in total. The van der Waals surface area contributed by atoms with E-state index < -0.39 is 10.0 Å². The van der Waals surface area contributed by atoms with Crippen LogP contribution in [0.3, 0.4) is 0 Å². The summed E-state index contributed by atoms with van der Waals surface area (Å²) in [5.74, 6) is 1.000. The van der Waals surface area contributed by atoms with Crippen LogP contribution in [0.4, 0.5) is 0 Å². The summed E-state index contributed by atoms with van der Waals surface area (Å²) in [4.78, 5) is 0.342. The molecule has 2 aromatic rings. The monoisotopic (exact) mass is 387 g/mol. The van der Waals surface area contributed by atoms with Crippen molar-refractivity contribution in [3.05, 3.63) is 76.8 Å². The van der Waals surface area contributed by atoms with Crippen LogP contribution in [0.1, 0.15) is 30.0 Å². The van der Waals surface area contributed by atoms with E-state index in [2.05, 4.69) is 6.58 Å². The normalized spacial score (nSPS) is 26.2. The number of hydrogen-bond acceptors (Lipinski definition) is 2. The van der Waals surface area contributed by atoms with Crippen LogP contribution in [-0.2, 0) is 10.0 Å². The number of hydrogen-bond donors (Lipinski definition) is 0. The van der Waals surface area contributed by atoms with Gasteiger partial charge in [-0.1, -0.05) is 53.6 Å². The van der Waals surface area contributed by atoms with Crippen LogP contribution in [0.2, 0.25) is 5.02 Å². The van der Waals surface area contributed by atoms with Crippen molar-refractivity contribution in [1.82, 2.24) is 4.31 Å². The van der Waals surface area contributed by atoms with Gasteiger partial charge in [-0.3, -0.25) is 0 Å². The molecule has 0 amide bonds. The highest BCUT2D eigenvalue weighted by molar-refractivity contribution is 7.89. The lowest BCUT2D eigenvalue weighted by atomic mass is 9.97. The summed E-state index contributed by atoms with van der Waals surface area (Å²) < 4.78 is 28.6. The first-order valence-corrected chi connectivity index (χ1v) is 10.7. The zero-order chi connectivity index (χ0) is 18.5. The summed E-state index contributed by atoms with van der Waals surface area (Å²) in [5, 5.41) is 0.642. The van der Waals surface area contributed by atoms with Crippen LogP contribution < -0.4 is 0 Å². The van der Waals surface area contributed by atoms with Gasteiger partial charge in [0.15, 0.2) is 0 Å². The van der Waals surface area contributed by atoms with Gasteiger partial charge in [0.05, 0.1) is 10.9 Å². The van der Waals surface area contributed by atoms with Gasteiger partial charge >= 0.3 is 0 Å². The van der Waals surface area contributed by atoms with Gasteiger partial charge < -0.3 is 0 Å². The Bertz CT molecular complexity index is 935. The number of halogens is 1. The first-order chi connectivity index (χ1) is 12.4. The van der Waals surface area contributed by atoms with E-state index in [1.807, 2.05) is 43.3 Å². The number of nitrogens with zero attached hydrogens (tertiary/aromatic N) is 1. The Morgan fingerprint density at radius 1 is 1.04 bits per heavy atom. The fraction of sp³-hybridized carbons (Fsp3) is 0.333. The Morgan fingerprint density at radius 2 is 1.69 bits per heavy atom. The zero-order valence-electron chi connectivity index (χ0n) is 14.7. The number of benzene rings is 2. The van der Waals surface area contributed by atoms with Gasteiger partial charge in [0, 0.05) is 11.6 Å². The number of aryl methyl sites for hydroxylation is 1. The van der Waals surface area contributed by atoms with Crippen LogP contribution >= 0.6 is 11.6 Å². The maximum Gasteiger partial charge on any atom is 0.243 e. The molecule has 1 heterocycles. The highest BCUT2D eigenvalue weighted by Gasteiger charge is 2.47. The number of fused-ring (bicyclic) bond motifs is 1. The van der Waals surface area contributed by atoms with E-state index >= 15 is 0 Å². The van der Waals surface area contributed by atoms with E-state index in [1.165, 1.54) is 0 Å². The van der Waals surface area contributed by atoms with Crippen LogP contribution in [0.15, 0.2) is 65.6 Å². The molecule has 0 aromatic heterocycles. The standard InChI is InChI=1S/C21H22ClNO2S/c1-14-3-9-20(10-4-14)26(24,25)23-13-18-12-17(18)11-15(2)21(23)16-5-7-19(22)8-6-16/h3-10,17-18,21H,2,11-13H2,1H3/t17-,18-,21+/m1/s1. The smallest absolute Gasteiger partial charge is 0.207 e. The van der Waals surface area contributed by atoms with Gasteiger partial charge in [0.25, 0.3) is 0 Å². The average Bonchev–Trinajstić information content (AvgIpc) is 3.34. The molecule has 4 rings (SSSR count). The summed E-state index contributed by atoms with van der Waals surface area (Å²) in [7, 11) is -3.61. The average molecular weight is 388 g/mol. The van der Waals surface area contributed by atoms with Crippen LogP contribution in [-0.4, -0.2) is 19.3 Å². The topological polar surface area (TPSA) is 37.4 Å². The van der Waals surface area contributed by atoms with Gasteiger partial charge in [-0.15, -0.1) is 0 Å². The highest BCUT2D eigenvalue weighted by atomic mass is 35.5. The predicted molar refractivity (Wildman–Crippen MR) is 105 cm³/mol. The molecule has 1 saturated carbocycles. The molecular weight excluding hydrogens is 366 g/mol. The Balaban J connectivity index is 1.79. The van der Waals surface area contributed by atoms with Crippen LogP contribution in [0, 0.1) is 18.8 Å². The molecule has 0 bridgehead atoms. The van der Waals surface area contributed by atoms with E-state index in [-0.39, 0.29) is 6.04 Å². The molecule has 1 aliphatic heterocycles. The van der Waals surface area contributed by atoms with Gasteiger partial charge in [-0.25, -0.2) is 8.42 Å². The Morgan fingerprint density at radius 3 is 2.35 bits per heavy atom. The minimum absolute atomic E-state index is 0.341. The minimum Gasteiger partial charge on any atom is -0.207 e. The Kier molecular flexibility index (Phi) is 4.46. The summed E-state index contributed by atoms with van der Waals surface area (Å²) in [6, 6.07) is 14.2. The number of rotatable bonds is 3. The van der Waals surface area contributed by atoms with Crippen molar-refractivity contribution in [2.45, 2.75) is 30.7 Å². The van der Waals surface area contributed by atoms with Gasteiger partial charge in [-0.05, 0) is 61.4 Å². The second-order valence-corrected chi connectivity index (χ2v) is 9.79. The van der Waals surface area contributed by atoms with E-state index in [4.69, 9.17) is 11.6 Å². The fourth-order valence-electron chi connectivity index (χ4n) is 3.90. The molecule has 2 aromatic carbocycles. The molecule has 136 valence electrons. The second kappa shape index (κ2) is 6.52. The van der Waals surface area contributed by atoms with E-state index in [9.17, 15) is 8.42 Å². The molecule has 2 aliphatic rings. The van der Waals surface area contributed by atoms with Gasteiger partial charge in [0.1, 0.15) is 0 Å². The second-order valence-electron chi connectivity index (χ2n) is 7.46. The molecular formula is C21H22ClNO2S. The maximum atomic E-state index is 13.5. The summed E-state index contributed by atoms with van der Waals surface area (Å²) >= 11 is 6.03. The van der Waals surface area contributed by atoms with Crippen molar-refractivity contribution in [3.63, 3.8) is 0 Å². The first kappa shape index (κ1) is 17.8. The van der Waals surface area contributed by atoms with Crippen molar-refractivity contribution in [2.75, 3.05) is 6.54 Å². The molecule has 1 aliphatic carbocycles. The first-order valence-electron chi connectivity index (χ1n) is 8.88. The third-order valence-corrected chi connectivity index (χ3v) is 7.59.